The van der Waals surface area contributed by atoms with Gasteiger partial charge in [-0.2, -0.15) is 4.73 Å². The molecule has 0 saturated heterocycles. The molecule has 1 aromatic carbocycles. The van der Waals surface area contributed by atoms with Crippen molar-refractivity contribution >= 4 is 16.9 Å². The predicted octanol–water partition coefficient (Wildman–Crippen LogP) is 0.566. The highest BCUT2D eigenvalue weighted by atomic mass is 16.5. The number of amidine groups is 1. The van der Waals surface area contributed by atoms with E-state index in [2.05, 4.69) is 4.98 Å². The maximum Gasteiger partial charge on any atom is 0.146 e. The first-order chi connectivity index (χ1) is 7.15. The van der Waals surface area contributed by atoms with Gasteiger partial charge in [0.1, 0.15) is 28.9 Å². The molecular formula is C9H10N4O2. The molecule has 0 spiro atoms. The lowest BCUT2D eigenvalue weighted by molar-refractivity contribution is 0.198. The first kappa shape index (κ1) is 9.32. The van der Waals surface area contributed by atoms with Gasteiger partial charge in [0.2, 0.25) is 0 Å². The molecule has 6 nitrogen and oxygen atoms in total. The highest BCUT2D eigenvalue weighted by molar-refractivity contribution is 6.06. The van der Waals surface area contributed by atoms with Crippen LogP contribution in [0.25, 0.3) is 11.0 Å². The van der Waals surface area contributed by atoms with Crippen molar-refractivity contribution < 1.29 is 9.94 Å². The highest BCUT2D eigenvalue weighted by Gasteiger charge is 2.13. The summed E-state index contributed by atoms with van der Waals surface area (Å²) < 4.78 is 5.91. The minimum absolute atomic E-state index is 0.126. The van der Waals surface area contributed by atoms with Gasteiger partial charge in [-0.1, -0.05) is 0 Å². The fourth-order valence-corrected chi connectivity index (χ4v) is 1.47. The number of imidazole rings is 1. The topological polar surface area (TPSA) is 97.1 Å². The Labute approximate surface area is 85.4 Å². The van der Waals surface area contributed by atoms with Crippen molar-refractivity contribution in [3.63, 3.8) is 0 Å². The quantitative estimate of drug-likeness (QED) is 0.380. The van der Waals surface area contributed by atoms with Gasteiger partial charge in [-0.05, 0) is 12.1 Å². The van der Waals surface area contributed by atoms with Crippen LogP contribution in [0.4, 0.5) is 0 Å². The van der Waals surface area contributed by atoms with Crippen molar-refractivity contribution in [2.75, 3.05) is 7.11 Å². The van der Waals surface area contributed by atoms with Gasteiger partial charge in [0.15, 0.2) is 0 Å². The molecule has 0 radical (unpaired) electrons. The summed E-state index contributed by atoms with van der Waals surface area (Å²) in [6.07, 6.45) is 1.24. The van der Waals surface area contributed by atoms with Gasteiger partial charge >= 0.3 is 0 Å². The zero-order chi connectivity index (χ0) is 11.0. The molecule has 0 aliphatic carbocycles. The van der Waals surface area contributed by atoms with Crippen molar-refractivity contribution in [2.24, 2.45) is 5.73 Å². The average Bonchev–Trinajstić information content (AvgIpc) is 2.60. The summed E-state index contributed by atoms with van der Waals surface area (Å²) in [5, 5.41) is 16.9. The first-order valence-electron chi connectivity index (χ1n) is 4.23. The summed E-state index contributed by atoms with van der Waals surface area (Å²) in [6, 6.07) is 3.27. The van der Waals surface area contributed by atoms with Crippen molar-refractivity contribution in [1.82, 2.24) is 9.71 Å². The molecule has 2 rings (SSSR count). The number of rotatable bonds is 2. The van der Waals surface area contributed by atoms with Crippen LogP contribution >= 0.6 is 0 Å². The van der Waals surface area contributed by atoms with Crippen LogP contribution in [0.3, 0.4) is 0 Å². The number of nitrogens with one attached hydrogen (secondary N) is 1. The fraction of sp³-hybridized carbons (Fsp3) is 0.111. The molecule has 0 bridgehead atoms. The summed E-state index contributed by atoms with van der Waals surface area (Å²) in [7, 11) is 1.51. The largest absolute Gasteiger partial charge is 0.494 e. The molecular weight excluding hydrogens is 196 g/mol. The lowest BCUT2D eigenvalue weighted by Crippen LogP contribution is -2.12. The molecule has 0 unspecified atom stereocenters. The van der Waals surface area contributed by atoms with E-state index >= 15 is 0 Å². The van der Waals surface area contributed by atoms with Crippen LogP contribution in [-0.4, -0.2) is 27.9 Å². The number of methoxy groups -OCH3 is 1. The Kier molecular flexibility index (Phi) is 1.96. The second-order valence-electron chi connectivity index (χ2n) is 3.02. The number of nitrogens with two attached hydrogens (primary N) is 1. The van der Waals surface area contributed by atoms with Crippen LogP contribution < -0.4 is 10.5 Å². The number of benzene rings is 1. The number of hydrogen-bond donors (Lipinski definition) is 3. The molecule has 15 heavy (non-hydrogen) atoms. The van der Waals surface area contributed by atoms with E-state index < -0.39 is 0 Å². The van der Waals surface area contributed by atoms with Crippen LogP contribution in [0.15, 0.2) is 18.5 Å². The zero-order valence-electron chi connectivity index (χ0n) is 8.06. The first-order valence-corrected chi connectivity index (χ1v) is 4.23. The van der Waals surface area contributed by atoms with Crippen LogP contribution in [0.2, 0.25) is 0 Å². The zero-order valence-corrected chi connectivity index (χ0v) is 8.06. The Bertz CT molecular complexity index is 532. The van der Waals surface area contributed by atoms with Crippen LogP contribution in [0, 0.1) is 5.41 Å². The third-order valence-electron chi connectivity index (χ3n) is 2.15. The fourth-order valence-electron chi connectivity index (χ4n) is 1.47. The molecule has 4 N–H and O–H groups in total. The smallest absolute Gasteiger partial charge is 0.146 e. The number of nitrogens with zero attached hydrogens (tertiary/aromatic N) is 2. The maximum absolute atomic E-state index is 9.51. The Hall–Kier alpha value is -2.24. The molecule has 1 heterocycles. The van der Waals surface area contributed by atoms with Crippen molar-refractivity contribution in [3.05, 3.63) is 24.0 Å². The minimum Gasteiger partial charge on any atom is -0.494 e. The van der Waals surface area contributed by atoms with Gasteiger partial charge in [-0.15, -0.1) is 0 Å². The van der Waals surface area contributed by atoms with Gasteiger partial charge in [0.25, 0.3) is 0 Å². The Morgan fingerprint density at radius 1 is 1.60 bits per heavy atom. The molecule has 0 aliphatic heterocycles. The van der Waals surface area contributed by atoms with Crippen LogP contribution in [-0.2, 0) is 0 Å². The van der Waals surface area contributed by atoms with Crippen LogP contribution in [0.5, 0.6) is 5.75 Å². The maximum atomic E-state index is 9.51. The molecule has 0 aliphatic rings. The van der Waals surface area contributed by atoms with E-state index in [0.29, 0.717) is 22.3 Å². The second-order valence-corrected chi connectivity index (χ2v) is 3.02. The highest BCUT2D eigenvalue weighted by Crippen LogP contribution is 2.26. The van der Waals surface area contributed by atoms with Crippen molar-refractivity contribution in [3.8, 4) is 5.75 Å². The van der Waals surface area contributed by atoms with Crippen LogP contribution in [0.1, 0.15) is 5.56 Å². The van der Waals surface area contributed by atoms with E-state index in [-0.39, 0.29) is 5.84 Å². The van der Waals surface area contributed by atoms with Gasteiger partial charge < -0.3 is 15.7 Å². The summed E-state index contributed by atoms with van der Waals surface area (Å²) in [6.45, 7) is 0. The normalized spacial score (nSPS) is 10.5. The van der Waals surface area contributed by atoms with E-state index in [1.165, 1.54) is 13.4 Å². The number of aromatic nitrogens is 2. The molecule has 2 aromatic rings. The molecule has 0 atom stereocenters. The van der Waals surface area contributed by atoms with Gasteiger partial charge in [0.05, 0.1) is 7.11 Å². The number of fused-ring (bicyclic) bond motifs is 1. The number of hydrogen-bond acceptors (Lipinski definition) is 4. The Balaban J connectivity index is 2.86. The van der Waals surface area contributed by atoms with Crippen molar-refractivity contribution in [2.45, 2.75) is 0 Å². The third-order valence-corrected chi connectivity index (χ3v) is 2.15. The summed E-state index contributed by atoms with van der Waals surface area (Å²) in [5.74, 6) is 0.404. The summed E-state index contributed by atoms with van der Waals surface area (Å²) in [4.78, 5) is 3.97. The summed E-state index contributed by atoms with van der Waals surface area (Å²) in [5.41, 5.74) is 6.67. The van der Waals surface area contributed by atoms with Crippen molar-refractivity contribution in [1.29, 1.82) is 5.41 Å². The number of nitrogen functional groups attached to an aromatic ring is 1. The second kappa shape index (κ2) is 3.16. The molecule has 0 amide bonds. The lowest BCUT2D eigenvalue weighted by atomic mass is 10.1. The molecule has 78 valence electrons. The lowest BCUT2D eigenvalue weighted by Gasteiger charge is -2.05. The van der Waals surface area contributed by atoms with E-state index in [1.54, 1.807) is 12.1 Å². The average molecular weight is 206 g/mol. The van der Waals surface area contributed by atoms with Gasteiger partial charge in [-0.25, -0.2) is 4.98 Å². The Morgan fingerprint density at radius 3 is 2.93 bits per heavy atom. The van der Waals surface area contributed by atoms with E-state index in [1.807, 2.05) is 0 Å². The molecule has 0 fully saturated rings. The minimum atomic E-state index is -0.126. The molecule has 0 saturated carbocycles. The van der Waals surface area contributed by atoms with E-state index in [9.17, 15) is 5.21 Å². The summed E-state index contributed by atoms with van der Waals surface area (Å²) >= 11 is 0. The monoisotopic (exact) mass is 206 g/mol. The standard InChI is InChI=1S/C9H10N4O2/c1-15-6-3-2-5(9(10)11)8-7(6)12-4-13(8)14/h2-4,14H,1H3,(H3,10,11). The SMILES string of the molecule is COc1ccc(C(=N)N)c2c1ncn2O. The predicted molar refractivity (Wildman–Crippen MR) is 54.5 cm³/mol. The molecule has 6 heteroatoms. The van der Waals surface area contributed by atoms with E-state index in [0.717, 1.165) is 4.73 Å². The number of ether oxygens (including phenoxy) is 1. The van der Waals surface area contributed by atoms with Gasteiger partial charge in [0, 0.05) is 5.56 Å². The van der Waals surface area contributed by atoms with Gasteiger partial charge in [-0.3, -0.25) is 5.41 Å². The Morgan fingerprint density at radius 2 is 2.33 bits per heavy atom. The van der Waals surface area contributed by atoms with E-state index in [4.69, 9.17) is 15.9 Å². The molecule has 1 aromatic heterocycles. The third kappa shape index (κ3) is 1.26.